The van der Waals surface area contributed by atoms with E-state index in [2.05, 4.69) is 161 Å². The Balaban J connectivity index is 1.18. The van der Waals surface area contributed by atoms with Gasteiger partial charge in [0, 0.05) is 32.9 Å². The van der Waals surface area contributed by atoms with Crippen molar-refractivity contribution in [2.45, 2.75) is 0 Å². The van der Waals surface area contributed by atoms with Crippen molar-refractivity contribution < 1.29 is 5.11 Å². The van der Waals surface area contributed by atoms with Gasteiger partial charge in [-0.1, -0.05) is 109 Å². The molecule has 11 rings (SSSR count). The van der Waals surface area contributed by atoms with Gasteiger partial charge in [-0.15, -0.1) is 0 Å². The van der Waals surface area contributed by atoms with Gasteiger partial charge in [0.05, 0.1) is 22.1 Å². The zero-order valence-electron chi connectivity index (χ0n) is 27.6. The number of hydrogen-bond acceptors (Lipinski definition) is 1. The number of rotatable bonds is 3. The van der Waals surface area contributed by atoms with E-state index >= 15 is 0 Å². The van der Waals surface area contributed by atoms with Crippen LogP contribution >= 0.6 is 0 Å². The van der Waals surface area contributed by atoms with Crippen LogP contribution in [-0.2, 0) is 0 Å². The monoisotopic (exact) mass is 650 g/mol. The third-order valence-electron chi connectivity index (χ3n) is 10.8. The normalized spacial score (nSPS) is 12.0. The predicted molar refractivity (Wildman–Crippen MR) is 215 cm³/mol. The molecule has 11 aromatic rings. The molecule has 0 aliphatic heterocycles. The van der Waals surface area contributed by atoms with Gasteiger partial charge in [0.2, 0.25) is 0 Å². The second-order valence-corrected chi connectivity index (χ2v) is 13.5. The summed E-state index contributed by atoms with van der Waals surface area (Å²) in [6.45, 7) is 0. The Hall–Kier alpha value is -6.84. The molecule has 51 heavy (non-hydrogen) atoms. The number of benzene rings is 9. The topological polar surface area (TPSA) is 30.1 Å². The van der Waals surface area contributed by atoms with Crippen LogP contribution in [-0.4, -0.2) is 14.2 Å². The van der Waals surface area contributed by atoms with Crippen molar-refractivity contribution in [3.05, 3.63) is 176 Å². The van der Waals surface area contributed by atoms with Crippen LogP contribution in [0.15, 0.2) is 176 Å². The van der Waals surface area contributed by atoms with E-state index in [0.29, 0.717) is 0 Å². The highest BCUT2D eigenvalue weighted by molar-refractivity contribution is 6.26. The molecular formula is C48H30N2O. The van der Waals surface area contributed by atoms with E-state index in [1.165, 1.54) is 59.7 Å². The predicted octanol–water partition coefficient (Wildman–Crippen LogP) is 12.7. The Morgan fingerprint density at radius 3 is 1.61 bits per heavy atom. The summed E-state index contributed by atoms with van der Waals surface area (Å²) in [5.41, 5.74) is 9.08. The molecule has 9 aromatic carbocycles. The minimum Gasteiger partial charge on any atom is -0.508 e. The zero-order chi connectivity index (χ0) is 33.6. The Morgan fingerprint density at radius 1 is 0.314 bits per heavy atom. The molecule has 0 aliphatic carbocycles. The van der Waals surface area contributed by atoms with Gasteiger partial charge in [-0.2, -0.15) is 0 Å². The molecule has 3 heteroatoms. The Morgan fingerprint density at radius 2 is 0.863 bits per heavy atom. The van der Waals surface area contributed by atoms with Crippen molar-refractivity contribution in [3.8, 4) is 28.3 Å². The molecule has 2 aromatic heterocycles. The van der Waals surface area contributed by atoms with Crippen LogP contribution in [0.3, 0.4) is 0 Å². The van der Waals surface area contributed by atoms with Crippen molar-refractivity contribution in [1.29, 1.82) is 0 Å². The lowest BCUT2D eigenvalue weighted by atomic mass is 9.94. The minimum absolute atomic E-state index is 0.265. The SMILES string of the molecule is Oc1ccc2c(c1)c1cc(-c3cccc4c3c3ccccc3n4-c3ccc4c5ccccc5c5ccccc5c4c3)ccc1n2-c1ccccc1. The zero-order valence-corrected chi connectivity index (χ0v) is 27.6. The number of aromatic nitrogens is 2. The summed E-state index contributed by atoms with van der Waals surface area (Å²) in [5, 5.41) is 22.8. The summed E-state index contributed by atoms with van der Waals surface area (Å²) in [6.07, 6.45) is 0. The summed E-state index contributed by atoms with van der Waals surface area (Å²) in [7, 11) is 0. The van der Waals surface area contributed by atoms with Gasteiger partial charge in [-0.25, -0.2) is 0 Å². The van der Waals surface area contributed by atoms with E-state index in [-0.39, 0.29) is 5.75 Å². The van der Waals surface area contributed by atoms with E-state index in [4.69, 9.17) is 0 Å². The molecule has 0 aliphatic rings. The standard InChI is InChI=1S/C48H30N2O/c51-33-23-26-46-43(29-33)42-27-30(21-25-45(42)49(46)31-11-2-1-3-12-31)34-18-10-20-47-48(34)40-17-8-9-19-44(40)50(47)32-22-24-39-37-15-5-4-13-35(37)36-14-6-7-16-38(36)41(39)28-32/h1-29,51H. The van der Waals surface area contributed by atoms with Crippen LogP contribution in [0, 0.1) is 0 Å². The highest BCUT2D eigenvalue weighted by atomic mass is 16.3. The van der Waals surface area contributed by atoms with E-state index < -0.39 is 0 Å². The fraction of sp³-hybridized carbons (Fsp3) is 0. The molecule has 0 unspecified atom stereocenters. The first-order chi connectivity index (χ1) is 25.2. The van der Waals surface area contributed by atoms with Crippen molar-refractivity contribution in [1.82, 2.24) is 9.13 Å². The van der Waals surface area contributed by atoms with Crippen LogP contribution in [0.1, 0.15) is 0 Å². The number of aromatic hydroxyl groups is 1. The Kier molecular flexibility index (Phi) is 5.82. The molecule has 0 saturated carbocycles. The molecule has 0 atom stereocenters. The van der Waals surface area contributed by atoms with Crippen LogP contribution in [0.25, 0.3) is 98.4 Å². The first-order valence-corrected chi connectivity index (χ1v) is 17.4. The molecule has 3 nitrogen and oxygen atoms in total. The Labute approximate surface area is 293 Å². The number of phenolic OH excluding ortho intramolecular Hbond substituents is 1. The lowest BCUT2D eigenvalue weighted by Crippen LogP contribution is -1.94. The van der Waals surface area contributed by atoms with Crippen molar-refractivity contribution in [2.75, 3.05) is 0 Å². The molecule has 238 valence electrons. The maximum atomic E-state index is 10.6. The van der Waals surface area contributed by atoms with Crippen molar-refractivity contribution in [2.24, 2.45) is 0 Å². The molecule has 0 saturated heterocycles. The van der Waals surface area contributed by atoms with Gasteiger partial charge >= 0.3 is 0 Å². The number of phenols is 1. The van der Waals surface area contributed by atoms with Gasteiger partial charge < -0.3 is 14.2 Å². The van der Waals surface area contributed by atoms with Crippen LogP contribution < -0.4 is 0 Å². The van der Waals surface area contributed by atoms with Gasteiger partial charge in [-0.05, 0) is 110 Å². The van der Waals surface area contributed by atoms with Crippen LogP contribution in [0.4, 0.5) is 0 Å². The molecule has 0 fully saturated rings. The largest absolute Gasteiger partial charge is 0.508 e. The van der Waals surface area contributed by atoms with Crippen LogP contribution in [0.2, 0.25) is 0 Å². The molecule has 0 radical (unpaired) electrons. The number of para-hydroxylation sites is 2. The van der Waals surface area contributed by atoms with Crippen LogP contribution in [0.5, 0.6) is 5.75 Å². The van der Waals surface area contributed by atoms with Gasteiger partial charge in [0.1, 0.15) is 5.75 Å². The van der Waals surface area contributed by atoms with Gasteiger partial charge in [0.15, 0.2) is 0 Å². The van der Waals surface area contributed by atoms with Crippen molar-refractivity contribution in [3.63, 3.8) is 0 Å². The average molecular weight is 651 g/mol. The maximum Gasteiger partial charge on any atom is 0.116 e. The molecule has 2 heterocycles. The molecule has 1 N–H and O–H groups in total. The fourth-order valence-electron chi connectivity index (χ4n) is 8.61. The quantitative estimate of drug-likeness (QED) is 0.190. The third kappa shape index (κ3) is 4.00. The summed E-state index contributed by atoms with van der Waals surface area (Å²) in [6, 6.07) is 62.8. The molecule has 0 amide bonds. The second-order valence-electron chi connectivity index (χ2n) is 13.5. The molecule has 0 spiro atoms. The summed E-state index contributed by atoms with van der Waals surface area (Å²) >= 11 is 0. The fourth-order valence-corrected chi connectivity index (χ4v) is 8.61. The highest BCUT2D eigenvalue weighted by Crippen LogP contribution is 2.43. The minimum atomic E-state index is 0.265. The summed E-state index contributed by atoms with van der Waals surface area (Å²) in [4.78, 5) is 0. The maximum absolute atomic E-state index is 10.6. The second kappa shape index (κ2) is 10.6. The molecule has 0 bridgehead atoms. The number of fused-ring (bicyclic) bond motifs is 12. The first kappa shape index (κ1) is 28.0. The van der Waals surface area contributed by atoms with E-state index in [1.807, 2.05) is 18.2 Å². The van der Waals surface area contributed by atoms with Crippen molar-refractivity contribution >= 4 is 75.9 Å². The highest BCUT2D eigenvalue weighted by Gasteiger charge is 2.19. The smallest absolute Gasteiger partial charge is 0.116 e. The summed E-state index contributed by atoms with van der Waals surface area (Å²) in [5.74, 6) is 0.265. The Bertz CT molecular complexity index is 3170. The summed E-state index contributed by atoms with van der Waals surface area (Å²) < 4.78 is 4.71. The average Bonchev–Trinajstić information content (AvgIpc) is 3.70. The first-order valence-electron chi connectivity index (χ1n) is 17.4. The third-order valence-corrected chi connectivity index (χ3v) is 10.8. The lowest BCUT2D eigenvalue weighted by Gasteiger charge is -2.14. The number of hydrogen-bond donors (Lipinski definition) is 1. The van der Waals surface area contributed by atoms with E-state index in [1.54, 1.807) is 6.07 Å². The molecular weight excluding hydrogens is 621 g/mol. The lowest BCUT2D eigenvalue weighted by molar-refractivity contribution is 0.476. The van der Waals surface area contributed by atoms with Gasteiger partial charge in [-0.3, -0.25) is 0 Å². The number of nitrogens with zero attached hydrogens (tertiary/aromatic N) is 2. The van der Waals surface area contributed by atoms with Gasteiger partial charge in [0.25, 0.3) is 0 Å². The van der Waals surface area contributed by atoms with E-state index in [9.17, 15) is 5.11 Å². The van der Waals surface area contributed by atoms with E-state index in [0.717, 1.165) is 38.7 Å².